The van der Waals surface area contributed by atoms with Crippen molar-refractivity contribution in [2.75, 3.05) is 12.3 Å². The van der Waals surface area contributed by atoms with E-state index in [2.05, 4.69) is 30.9 Å². The highest BCUT2D eigenvalue weighted by Crippen LogP contribution is 2.49. The van der Waals surface area contributed by atoms with Gasteiger partial charge in [0.15, 0.2) is 11.5 Å². The highest BCUT2D eigenvalue weighted by Gasteiger charge is 2.55. The van der Waals surface area contributed by atoms with Crippen LogP contribution in [-0.4, -0.2) is 53.7 Å². The van der Waals surface area contributed by atoms with E-state index in [0.29, 0.717) is 15.9 Å². The van der Waals surface area contributed by atoms with Gasteiger partial charge in [0.25, 0.3) is 0 Å². The Kier molecular flexibility index (Phi) is 3.63. The molecule has 0 spiro atoms. The van der Waals surface area contributed by atoms with E-state index in [1.807, 2.05) is 6.92 Å². The molecule has 2 heterocycles. The summed E-state index contributed by atoms with van der Waals surface area (Å²) in [7, 11) is 0. The fourth-order valence-electron chi connectivity index (χ4n) is 3.30. The summed E-state index contributed by atoms with van der Waals surface area (Å²) in [6.45, 7) is 3.41. The number of imidazole rings is 1. The van der Waals surface area contributed by atoms with Gasteiger partial charge in [-0.05, 0) is 21.8 Å². The van der Waals surface area contributed by atoms with E-state index < -0.39 is 23.7 Å². The lowest BCUT2D eigenvalue weighted by Gasteiger charge is -2.31. The number of nitrogens with two attached hydrogens (primary N) is 1. The summed E-state index contributed by atoms with van der Waals surface area (Å²) in [5, 5.41) is 30.4. The van der Waals surface area contributed by atoms with Crippen LogP contribution in [0.15, 0.2) is 11.1 Å². The van der Waals surface area contributed by atoms with Gasteiger partial charge in [0, 0.05) is 5.41 Å². The molecule has 1 aliphatic rings. The van der Waals surface area contributed by atoms with Gasteiger partial charge >= 0.3 is 0 Å². The normalized spacial score (nSPS) is 35.4. The van der Waals surface area contributed by atoms with E-state index in [1.54, 1.807) is 11.5 Å². The lowest BCUT2D eigenvalue weighted by atomic mass is 9.79. The van der Waals surface area contributed by atoms with Crippen molar-refractivity contribution in [2.45, 2.75) is 32.1 Å². The molecule has 5 atom stereocenters. The van der Waals surface area contributed by atoms with Crippen LogP contribution in [0, 0.1) is 11.3 Å². The van der Waals surface area contributed by atoms with Gasteiger partial charge in [-0.15, -0.1) is 0 Å². The number of aliphatic hydroxyl groups is 3. The van der Waals surface area contributed by atoms with Crippen molar-refractivity contribution in [2.24, 2.45) is 11.3 Å². The Morgan fingerprint density at radius 2 is 2.09 bits per heavy atom. The summed E-state index contributed by atoms with van der Waals surface area (Å²) in [5.74, 6) is 0.0381. The second-order valence-corrected chi connectivity index (χ2v) is 6.79. The summed E-state index contributed by atoms with van der Waals surface area (Å²) in [6, 6.07) is -0.474. The Morgan fingerprint density at radius 3 is 2.68 bits per heavy atom. The number of halogens is 1. The van der Waals surface area contributed by atoms with E-state index in [4.69, 9.17) is 5.73 Å². The molecule has 0 aromatic carbocycles. The fraction of sp³-hybridized carbons (Fsp3) is 0.615. The molecule has 2 aromatic rings. The van der Waals surface area contributed by atoms with E-state index in [1.165, 1.54) is 6.33 Å². The number of hydrogen-bond donors (Lipinski definition) is 4. The molecule has 0 amide bonds. The van der Waals surface area contributed by atoms with Gasteiger partial charge in [-0.25, -0.2) is 15.0 Å². The molecule has 120 valence electrons. The topological polar surface area (TPSA) is 130 Å². The number of nitrogen functional groups attached to an aromatic ring is 1. The predicted octanol–water partition coefficient (Wildman–Crippen LogP) is 0.0822. The molecule has 22 heavy (non-hydrogen) atoms. The van der Waals surface area contributed by atoms with E-state index in [-0.39, 0.29) is 18.3 Å². The molecule has 2 aromatic heterocycles. The molecule has 2 unspecified atom stereocenters. The van der Waals surface area contributed by atoms with Crippen LogP contribution in [0.1, 0.15) is 19.9 Å². The predicted molar refractivity (Wildman–Crippen MR) is 82.8 cm³/mol. The lowest BCUT2D eigenvalue weighted by molar-refractivity contribution is -0.0470. The Bertz CT molecular complexity index is 723. The van der Waals surface area contributed by atoms with Gasteiger partial charge in [-0.3, -0.25) is 0 Å². The molecule has 3 rings (SSSR count). The van der Waals surface area contributed by atoms with Crippen molar-refractivity contribution in [3.05, 3.63) is 11.1 Å². The van der Waals surface area contributed by atoms with Gasteiger partial charge in [-0.1, -0.05) is 13.8 Å². The fourth-order valence-corrected chi connectivity index (χ4v) is 3.66. The number of rotatable bonds is 2. The second kappa shape index (κ2) is 5.12. The molecular formula is C13H18BrN5O3. The van der Waals surface area contributed by atoms with Crippen LogP contribution in [0.3, 0.4) is 0 Å². The number of aromatic nitrogens is 4. The van der Waals surface area contributed by atoms with Crippen molar-refractivity contribution < 1.29 is 15.3 Å². The largest absolute Gasteiger partial charge is 0.396 e. The number of fused-ring (bicyclic) bond motifs is 1. The average Bonchev–Trinajstić information content (AvgIpc) is 2.95. The quantitative estimate of drug-likeness (QED) is 0.550. The number of anilines is 1. The Hall–Kier alpha value is -1.29. The lowest BCUT2D eigenvalue weighted by Crippen LogP contribution is -2.38. The first-order chi connectivity index (χ1) is 10.3. The summed E-state index contributed by atoms with van der Waals surface area (Å²) in [6.07, 6.45) is -0.556. The van der Waals surface area contributed by atoms with Crippen molar-refractivity contribution >= 4 is 32.9 Å². The summed E-state index contributed by atoms with van der Waals surface area (Å²) >= 11 is 3.19. The second-order valence-electron chi connectivity index (χ2n) is 6.08. The zero-order chi connectivity index (χ0) is 16.2. The van der Waals surface area contributed by atoms with Gasteiger partial charge in [0.05, 0.1) is 25.1 Å². The number of hydrogen-bond acceptors (Lipinski definition) is 7. The van der Waals surface area contributed by atoms with Crippen LogP contribution in [0.2, 0.25) is 0 Å². The molecule has 1 saturated carbocycles. The van der Waals surface area contributed by atoms with E-state index in [0.717, 1.165) is 0 Å². The van der Waals surface area contributed by atoms with Crippen LogP contribution < -0.4 is 5.73 Å². The van der Waals surface area contributed by atoms with E-state index >= 15 is 0 Å². The standard InChI is InChI=1S/C13H18BrN5O3/c1-5-7(8(21)9(22)13(5,2)3-20)19-4-16-6-10(15)17-12(14)18-11(6)19/h4-5,7-9,20-22H,3H2,1-2H3,(H2,15,17,18)/t5-,7-,8?,9?,13+/m1/s1. The maximum atomic E-state index is 10.5. The van der Waals surface area contributed by atoms with Crippen LogP contribution in [0.25, 0.3) is 11.2 Å². The minimum Gasteiger partial charge on any atom is -0.396 e. The molecule has 0 radical (unpaired) electrons. The number of nitrogens with zero attached hydrogens (tertiary/aromatic N) is 4. The van der Waals surface area contributed by atoms with Crippen LogP contribution in [-0.2, 0) is 0 Å². The van der Waals surface area contributed by atoms with Crippen LogP contribution in [0.5, 0.6) is 0 Å². The van der Waals surface area contributed by atoms with Crippen molar-refractivity contribution in [1.82, 2.24) is 19.5 Å². The zero-order valence-electron chi connectivity index (χ0n) is 12.2. The number of aliphatic hydroxyl groups excluding tert-OH is 3. The van der Waals surface area contributed by atoms with Gasteiger partial charge in [0.2, 0.25) is 4.73 Å². The first kappa shape index (κ1) is 15.6. The van der Waals surface area contributed by atoms with Gasteiger partial charge in [-0.2, -0.15) is 0 Å². The molecular weight excluding hydrogens is 354 g/mol. The third-order valence-electron chi connectivity index (χ3n) is 4.98. The molecule has 1 fully saturated rings. The third kappa shape index (κ3) is 1.96. The summed E-state index contributed by atoms with van der Waals surface area (Å²) in [5.41, 5.74) is 5.94. The van der Waals surface area contributed by atoms with Crippen molar-refractivity contribution in [1.29, 1.82) is 0 Å². The monoisotopic (exact) mass is 371 g/mol. The Morgan fingerprint density at radius 1 is 1.41 bits per heavy atom. The maximum Gasteiger partial charge on any atom is 0.200 e. The molecule has 0 aliphatic heterocycles. The highest BCUT2D eigenvalue weighted by atomic mass is 79.9. The smallest absolute Gasteiger partial charge is 0.200 e. The highest BCUT2D eigenvalue weighted by molar-refractivity contribution is 9.10. The zero-order valence-corrected chi connectivity index (χ0v) is 13.8. The minimum atomic E-state index is -1.04. The molecule has 1 aliphatic carbocycles. The molecule has 9 heteroatoms. The third-order valence-corrected chi connectivity index (χ3v) is 5.34. The van der Waals surface area contributed by atoms with E-state index in [9.17, 15) is 15.3 Å². The summed E-state index contributed by atoms with van der Waals surface area (Å²) in [4.78, 5) is 12.5. The molecule has 0 bridgehead atoms. The van der Waals surface area contributed by atoms with Crippen molar-refractivity contribution in [3.63, 3.8) is 0 Å². The van der Waals surface area contributed by atoms with Gasteiger partial charge < -0.3 is 25.6 Å². The minimum absolute atomic E-state index is 0.199. The van der Waals surface area contributed by atoms with Crippen LogP contribution in [0.4, 0.5) is 5.82 Å². The Labute approximate surface area is 135 Å². The first-order valence-electron chi connectivity index (χ1n) is 6.93. The summed E-state index contributed by atoms with van der Waals surface area (Å²) < 4.78 is 2.02. The Balaban J connectivity index is 2.16. The SMILES string of the molecule is C[C@@H]1[C@@H](n2cnc3c(N)nc(Br)nc32)C(O)C(O)[C@@]1(C)CO. The maximum absolute atomic E-state index is 10.5. The first-order valence-corrected chi connectivity index (χ1v) is 7.73. The molecule has 0 saturated heterocycles. The van der Waals surface area contributed by atoms with Crippen molar-refractivity contribution in [3.8, 4) is 0 Å². The van der Waals surface area contributed by atoms with Gasteiger partial charge in [0.1, 0.15) is 11.6 Å². The van der Waals surface area contributed by atoms with Crippen LogP contribution >= 0.6 is 15.9 Å². The molecule has 5 N–H and O–H groups in total. The molecule has 8 nitrogen and oxygen atoms in total. The average molecular weight is 372 g/mol.